The van der Waals surface area contributed by atoms with E-state index in [2.05, 4.69) is 0 Å². The highest BCUT2D eigenvalue weighted by atomic mass is 32.2. The van der Waals surface area contributed by atoms with Gasteiger partial charge in [0.25, 0.3) is 0 Å². The summed E-state index contributed by atoms with van der Waals surface area (Å²) in [5.41, 5.74) is 0. The van der Waals surface area contributed by atoms with E-state index in [0.29, 0.717) is 25.3 Å². The quantitative estimate of drug-likeness (QED) is 0.664. The van der Waals surface area contributed by atoms with E-state index in [0.717, 1.165) is 0 Å². The molecule has 4 nitrogen and oxygen atoms in total. The number of nitrogens with zero attached hydrogens (tertiary/aromatic N) is 1. The van der Waals surface area contributed by atoms with Crippen molar-refractivity contribution >= 4 is 10.0 Å². The summed E-state index contributed by atoms with van der Waals surface area (Å²) in [5.74, 6) is 0.466. The summed E-state index contributed by atoms with van der Waals surface area (Å²) in [6, 6.07) is 0.00141. The van der Waals surface area contributed by atoms with Gasteiger partial charge in [0.05, 0.1) is 5.75 Å². The molecule has 0 spiro atoms. The van der Waals surface area contributed by atoms with Gasteiger partial charge in [-0.1, -0.05) is 13.8 Å². The molecule has 0 aliphatic heterocycles. The number of unbranched alkanes of at least 4 members (excludes halogenated alkanes) is 1. The lowest BCUT2D eigenvalue weighted by atomic mass is 10.2. The second-order valence-corrected chi connectivity index (χ2v) is 6.85. The van der Waals surface area contributed by atoms with Crippen LogP contribution >= 0.6 is 0 Å². The van der Waals surface area contributed by atoms with E-state index >= 15 is 0 Å². The molecule has 1 N–H and O–H groups in total. The van der Waals surface area contributed by atoms with E-state index in [9.17, 15) is 8.42 Å². The Labute approximate surface area is 99.7 Å². The van der Waals surface area contributed by atoms with Crippen molar-refractivity contribution in [3.8, 4) is 0 Å². The highest BCUT2D eigenvalue weighted by molar-refractivity contribution is 7.89. The summed E-state index contributed by atoms with van der Waals surface area (Å²) in [7, 11) is -3.17. The Bertz CT molecular complexity index is 273. The summed E-state index contributed by atoms with van der Waals surface area (Å²) < 4.78 is 25.6. The summed E-state index contributed by atoms with van der Waals surface area (Å²) in [4.78, 5) is 0. The van der Waals surface area contributed by atoms with Crippen LogP contribution in [0.3, 0.4) is 0 Å². The highest BCUT2D eigenvalue weighted by Gasteiger charge is 2.24. The second kappa shape index (κ2) is 7.25. The van der Waals surface area contributed by atoms with Crippen LogP contribution in [-0.4, -0.2) is 42.8 Å². The van der Waals surface area contributed by atoms with Gasteiger partial charge in [0.2, 0.25) is 10.0 Å². The molecule has 0 heterocycles. The lowest BCUT2D eigenvalue weighted by molar-refractivity contribution is 0.285. The van der Waals surface area contributed by atoms with Gasteiger partial charge in [0.1, 0.15) is 0 Å². The van der Waals surface area contributed by atoms with Crippen molar-refractivity contribution in [2.75, 3.05) is 18.9 Å². The standard InChI is InChI=1S/C11H25NO3S/c1-10(2)9-12(11(3)4)16(14,15)8-6-5-7-13/h10-11,13H,5-9H2,1-4H3. The highest BCUT2D eigenvalue weighted by Crippen LogP contribution is 2.12. The van der Waals surface area contributed by atoms with Gasteiger partial charge in [-0.2, -0.15) is 4.31 Å². The molecule has 0 aliphatic rings. The van der Waals surface area contributed by atoms with Crippen LogP contribution in [0.1, 0.15) is 40.5 Å². The van der Waals surface area contributed by atoms with Crippen LogP contribution < -0.4 is 0 Å². The van der Waals surface area contributed by atoms with Gasteiger partial charge >= 0.3 is 0 Å². The maximum absolute atomic E-state index is 12.0. The fraction of sp³-hybridized carbons (Fsp3) is 1.00. The lowest BCUT2D eigenvalue weighted by Gasteiger charge is -2.27. The molecular formula is C11H25NO3S. The molecule has 0 rings (SSSR count). The zero-order valence-electron chi connectivity index (χ0n) is 10.8. The van der Waals surface area contributed by atoms with Crippen molar-refractivity contribution in [2.24, 2.45) is 5.92 Å². The van der Waals surface area contributed by atoms with E-state index in [4.69, 9.17) is 5.11 Å². The largest absolute Gasteiger partial charge is 0.396 e. The van der Waals surface area contributed by atoms with Crippen LogP contribution in [0.25, 0.3) is 0 Å². The molecule has 0 radical (unpaired) electrons. The molecule has 0 unspecified atom stereocenters. The number of sulfonamides is 1. The third-order valence-corrected chi connectivity index (χ3v) is 4.38. The first-order chi connectivity index (χ1) is 7.31. The van der Waals surface area contributed by atoms with Crippen molar-refractivity contribution in [3.05, 3.63) is 0 Å². The van der Waals surface area contributed by atoms with Crippen LogP contribution in [0.2, 0.25) is 0 Å². The van der Waals surface area contributed by atoms with Crippen LogP contribution in [0.5, 0.6) is 0 Å². The topological polar surface area (TPSA) is 57.6 Å². The fourth-order valence-electron chi connectivity index (χ4n) is 1.52. The van der Waals surface area contributed by atoms with Crippen molar-refractivity contribution < 1.29 is 13.5 Å². The lowest BCUT2D eigenvalue weighted by Crippen LogP contribution is -2.40. The SMILES string of the molecule is CC(C)CN(C(C)C)S(=O)(=O)CCCCO. The number of rotatable bonds is 8. The zero-order valence-corrected chi connectivity index (χ0v) is 11.6. The number of hydrogen-bond acceptors (Lipinski definition) is 3. The van der Waals surface area contributed by atoms with Crippen molar-refractivity contribution in [1.29, 1.82) is 0 Å². The van der Waals surface area contributed by atoms with E-state index in [-0.39, 0.29) is 18.4 Å². The normalized spacial score (nSPS) is 13.0. The molecule has 0 aromatic carbocycles. The summed E-state index contributed by atoms with van der Waals surface area (Å²) >= 11 is 0. The van der Waals surface area contributed by atoms with Crippen LogP contribution in [-0.2, 0) is 10.0 Å². The molecule has 98 valence electrons. The number of aliphatic hydroxyl groups is 1. The van der Waals surface area contributed by atoms with Crippen molar-refractivity contribution in [3.63, 3.8) is 0 Å². The molecule has 0 atom stereocenters. The van der Waals surface area contributed by atoms with Gasteiger partial charge in [0, 0.05) is 19.2 Å². The maximum atomic E-state index is 12.0. The summed E-state index contributed by atoms with van der Waals surface area (Å²) in [6.45, 7) is 8.44. The van der Waals surface area contributed by atoms with Crippen LogP contribution in [0, 0.1) is 5.92 Å². The number of aliphatic hydroxyl groups excluding tert-OH is 1. The Balaban J connectivity index is 4.51. The van der Waals surface area contributed by atoms with Crippen LogP contribution in [0.4, 0.5) is 0 Å². The Morgan fingerprint density at radius 3 is 2.06 bits per heavy atom. The fourth-order valence-corrected chi connectivity index (χ4v) is 3.49. The van der Waals surface area contributed by atoms with E-state index in [1.165, 1.54) is 0 Å². The smallest absolute Gasteiger partial charge is 0.214 e. The third kappa shape index (κ3) is 5.82. The van der Waals surface area contributed by atoms with Crippen LogP contribution in [0.15, 0.2) is 0 Å². The van der Waals surface area contributed by atoms with E-state index in [1.54, 1.807) is 4.31 Å². The minimum Gasteiger partial charge on any atom is -0.396 e. The molecule has 0 aliphatic carbocycles. The first-order valence-electron chi connectivity index (χ1n) is 5.91. The first-order valence-corrected chi connectivity index (χ1v) is 7.52. The van der Waals surface area contributed by atoms with Gasteiger partial charge in [-0.05, 0) is 32.6 Å². The third-order valence-electron chi connectivity index (χ3n) is 2.29. The molecule has 0 bridgehead atoms. The average molecular weight is 251 g/mol. The maximum Gasteiger partial charge on any atom is 0.214 e. The molecule has 0 fully saturated rings. The van der Waals surface area contributed by atoms with Gasteiger partial charge in [-0.15, -0.1) is 0 Å². The molecule has 0 saturated carbocycles. The molecule has 0 amide bonds. The first kappa shape index (κ1) is 15.9. The minimum atomic E-state index is -3.17. The average Bonchev–Trinajstić information content (AvgIpc) is 2.13. The molecule has 5 heteroatoms. The Kier molecular flexibility index (Phi) is 7.19. The van der Waals surface area contributed by atoms with Gasteiger partial charge in [0.15, 0.2) is 0 Å². The number of hydrogen-bond donors (Lipinski definition) is 1. The Morgan fingerprint density at radius 2 is 1.69 bits per heavy atom. The van der Waals surface area contributed by atoms with Gasteiger partial charge in [-0.3, -0.25) is 0 Å². The predicted octanol–water partition coefficient (Wildman–Crippen LogP) is 1.46. The van der Waals surface area contributed by atoms with Gasteiger partial charge < -0.3 is 5.11 Å². The molecular weight excluding hydrogens is 226 g/mol. The van der Waals surface area contributed by atoms with E-state index in [1.807, 2.05) is 27.7 Å². The summed E-state index contributed by atoms with van der Waals surface area (Å²) in [6.07, 6.45) is 1.08. The van der Waals surface area contributed by atoms with Crippen molar-refractivity contribution in [2.45, 2.75) is 46.6 Å². The molecule has 0 saturated heterocycles. The minimum absolute atomic E-state index is 0.00141. The predicted molar refractivity (Wildman–Crippen MR) is 66.8 cm³/mol. The monoisotopic (exact) mass is 251 g/mol. The Morgan fingerprint density at radius 1 is 1.12 bits per heavy atom. The molecule has 16 heavy (non-hydrogen) atoms. The van der Waals surface area contributed by atoms with Gasteiger partial charge in [-0.25, -0.2) is 8.42 Å². The second-order valence-electron chi connectivity index (χ2n) is 4.80. The molecule has 0 aromatic rings. The van der Waals surface area contributed by atoms with Crippen molar-refractivity contribution in [1.82, 2.24) is 4.31 Å². The molecule has 0 aromatic heterocycles. The zero-order chi connectivity index (χ0) is 12.8. The van der Waals surface area contributed by atoms with E-state index < -0.39 is 10.0 Å². The Hall–Kier alpha value is -0.130. The summed E-state index contributed by atoms with van der Waals surface area (Å²) in [5, 5.41) is 8.65.